The third-order valence-electron chi connectivity index (χ3n) is 4.91. The molecule has 0 aliphatic heterocycles. The standard InChI is InChI=1S/C26H24N2O4/c29-24(19-31-22-15-8-3-9-16-22)30-18-10-17-23-27-26(28-32-23)25(20-11-4-1-5-12-20)21-13-6-2-7-14-21/h1-9,11-16,25H,10,17-19H2. The van der Waals surface area contributed by atoms with Gasteiger partial charge in [0.25, 0.3) is 0 Å². The molecule has 6 nitrogen and oxygen atoms in total. The van der Waals surface area contributed by atoms with Crippen LogP contribution in [0.25, 0.3) is 0 Å². The normalized spacial score (nSPS) is 10.8. The van der Waals surface area contributed by atoms with E-state index in [9.17, 15) is 4.79 Å². The van der Waals surface area contributed by atoms with Crippen molar-refractivity contribution in [1.82, 2.24) is 10.1 Å². The van der Waals surface area contributed by atoms with Crippen molar-refractivity contribution in [2.24, 2.45) is 0 Å². The number of carbonyl (C=O) groups is 1. The lowest BCUT2D eigenvalue weighted by Crippen LogP contribution is -2.15. The van der Waals surface area contributed by atoms with Crippen molar-refractivity contribution >= 4 is 5.97 Å². The summed E-state index contributed by atoms with van der Waals surface area (Å²) in [6.07, 6.45) is 1.11. The fraction of sp³-hybridized carbons (Fsp3) is 0.192. The lowest BCUT2D eigenvalue weighted by Gasteiger charge is -2.14. The molecule has 0 unspecified atom stereocenters. The molecule has 0 aliphatic carbocycles. The zero-order chi connectivity index (χ0) is 22.0. The Kier molecular flexibility index (Phi) is 7.26. The number of nitrogens with zero attached hydrogens (tertiary/aromatic N) is 2. The Morgan fingerprint density at radius 3 is 2.06 bits per heavy atom. The number of carbonyl (C=O) groups excluding carboxylic acids is 1. The maximum Gasteiger partial charge on any atom is 0.344 e. The minimum absolute atomic E-state index is 0.108. The predicted octanol–water partition coefficient (Wildman–Crippen LogP) is 4.80. The number of ether oxygens (including phenoxy) is 2. The molecule has 0 bridgehead atoms. The minimum Gasteiger partial charge on any atom is -0.482 e. The van der Waals surface area contributed by atoms with Crippen molar-refractivity contribution < 1.29 is 18.8 Å². The summed E-state index contributed by atoms with van der Waals surface area (Å²) in [4.78, 5) is 16.4. The average Bonchev–Trinajstić information content (AvgIpc) is 3.31. The summed E-state index contributed by atoms with van der Waals surface area (Å²) in [6.45, 7) is 0.139. The second-order valence-electron chi connectivity index (χ2n) is 7.23. The Bertz CT molecular complexity index is 1060. The molecule has 0 spiro atoms. The van der Waals surface area contributed by atoms with Gasteiger partial charge >= 0.3 is 5.97 Å². The summed E-state index contributed by atoms with van der Waals surface area (Å²) in [5.74, 6) is 1.25. The molecule has 32 heavy (non-hydrogen) atoms. The molecule has 1 aromatic heterocycles. The van der Waals surface area contributed by atoms with Crippen LogP contribution in [-0.2, 0) is 16.0 Å². The Labute approximate surface area is 186 Å². The van der Waals surface area contributed by atoms with E-state index in [1.54, 1.807) is 12.1 Å². The minimum atomic E-state index is -0.409. The summed E-state index contributed by atoms with van der Waals surface area (Å²) in [6, 6.07) is 29.4. The Morgan fingerprint density at radius 1 is 0.844 bits per heavy atom. The number of benzene rings is 3. The number of aryl methyl sites for hydroxylation is 1. The van der Waals surface area contributed by atoms with Crippen molar-refractivity contribution in [3.05, 3.63) is 114 Å². The molecule has 0 N–H and O–H groups in total. The molecule has 1 heterocycles. The highest BCUT2D eigenvalue weighted by atomic mass is 16.6. The van der Waals surface area contributed by atoms with E-state index in [0.29, 0.717) is 30.3 Å². The highest BCUT2D eigenvalue weighted by molar-refractivity contribution is 5.71. The molecule has 0 amide bonds. The van der Waals surface area contributed by atoms with Crippen LogP contribution in [0.1, 0.15) is 35.2 Å². The van der Waals surface area contributed by atoms with Gasteiger partial charge < -0.3 is 14.0 Å². The van der Waals surface area contributed by atoms with E-state index >= 15 is 0 Å². The van der Waals surface area contributed by atoms with Gasteiger partial charge in [-0.25, -0.2) is 4.79 Å². The molecule has 4 aromatic rings. The van der Waals surface area contributed by atoms with Gasteiger partial charge in [-0.3, -0.25) is 0 Å². The summed E-state index contributed by atoms with van der Waals surface area (Å²) in [7, 11) is 0. The first-order valence-corrected chi connectivity index (χ1v) is 10.6. The van der Waals surface area contributed by atoms with Gasteiger partial charge in [0.05, 0.1) is 12.5 Å². The highest BCUT2D eigenvalue weighted by Gasteiger charge is 2.22. The van der Waals surface area contributed by atoms with E-state index in [4.69, 9.17) is 14.0 Å². The van der Waals surface area contributed by atoms with E-state index in [2.05, 4.69) is 34.4 Å². The smallest absolute Gasteiger partial charge is 0.344 e. The maximum absolute atomic E-state index is 11.8. The van der Waals surface area contributed by atoms with Crippen LogP contribution in [0.3, 0.4) is 0 Å². The number of aromatic nitrogens is 2. The summed E-state index contributed by atoms with van der Waals surface area (Å²) in [5, 5.41) is 4.23. The van der Waals surface area contributed by atoms with Crippen molar-refractivity contribution in [1.29, 1.82) is 0 Å². The molecule has 0 radical (unpaired) electrons. The van der Waals surface area contributed by atoms with Crippen LogP contribution in [0.5, 0.6) is 5.75 Å². The third kappa shape index (κ3) is 5.82. The van der Waals surface area contributed by atoms with E-state index in [-0.39, 0.29) is 19.1 Å². The van der Waals surface area contributed by atoms with E-state index in [1.165, 1.54) is 0 Å². The second kappa shape index (κ2) is 10.9. The van der Waals surface area contributed by atoms with Gasteiger partial charge in [0.15, 0.2) is 12.4 Å². The molecule has 0 atom stereocenters. The monoisotopic (exact) mass is 428 g/mol. The van der Waals surface area contributed by atoms with Gasteiger partial charge in [0.2, 0.25) is 5.89 Å². The Balaban J connectivity index is 1.30. The Hall–Kier alpha value is -3.93. The molecule has 0 saturated carbocycles. The summed E-state index contributed by atoms with van der Waals surface area (Å²) >= 11 is 0. The molecule has 3 aromatic carbocycles. The SMILES string of the molecule is O=C(COc1ccccc1)OCCCc1nc(C(c2ccccc2)c2ccccc2)no1. The van der Waals surface area contributed by atoms with Crippen molar-refractivity contribution in [3.63, 3.8) is 0 Å². The van der Waals surface area contributed by atoms with Crippen molar-refractivity contribution in [3.8, 4) is 5.75 Å². The van der Waals surface area contributed by atoms with Gasteiger partial charge in [0, 0.05) is 6.42 Å². The van der Waals surface area contributed by atoms with Crippen LogP contribution in [0.15, 0.2) is 95.5 Å². The number of hydrogen-bond acceptors (Lipinski definition) is 6. The van der Waals surface area contributed by atoms with Gasteiger partial charge in [-0.05, 0) is 29.7 Å². The van der Waals surface area contributed by atoms with E-state index in [0.717, 1.165) is 11.1 Å². The van der Waals surface area contributed by atoms with E-state index < -0.39 is 5.97 Å². The van der Waals surface area contributed by atoms with Crippen LogP contribution in [0, 0.1) is 0 Å². The molecular weight excluding hydrogens is 404 g/mol. The molecule has 0 fully saturated rings. The quantitative estimate of drug-likeness (QED) is 0.267. The van der Waals surface area contributed by atoms with Gasteiger partial charge in [-0.2, -0.15) is 4.98 Å². The average molecular weight is 428 g/mol. The lowest BCUT2D eigenvalue weighted by molar-refractivity contribution is -0.146. The molecule has 162 valence electrons. The fourth-order valence-electron chi connectivity index (χ4n) is 3.38. The van der Waals surface area contributed by atoms with Crippen molar-refractivity contribution in [2.45, 2.75) is 18.8 Å². The first-order chi connectivity index (χ1) is 15.8. The molecule has 0 saturated heterocycles. The predicted molar refractivity (Wildman–Crippen MR) is 119 cm³/mol. The molecule has 0 aliphatic rings. The van der Waals surface area contributed by atoms with Gasteiger partial charge in [0.1, 0.15) is 5.75 Å². The van der Waals surface area contributed by atoms with Crippen LogP contribution < -0.4 is 4.74 Å². The van der Waals surface area contributed by atoms with E-state index in [1.807, 2.05) is 54.6 Å². The fourth-order valence-corrected chi connectivity index (χ4v) is 3.38. The Morgan fingerprint density at radius 2 is 1.44 bits per heavy atom. The molecule has 4 rings (SSSR count). The van der Waals surface area contributed by atoms with Crippen molar-refractivity contribution in [2.75, 3.05) is 13.2 Å². The van der Waals surface area contributed by atoms with Crippen LogP contribution >= 0.6 is 0 Å². The second-order valence-corrected chi connectivity index (χ2v) is 7.23. The third-order valence-corrected chi connectivity index (χ3v) is 4.91. The highest BCUT2D eigenvalue weighted by Crippen LogP contribution is 2.29. The summed E-state index contributed by atoms with van der Waals surface area (Å²) < 4.78 is 16.1. The zero-order valence-corrected chi connectivity index (χ0v) is 17.6. The number of hydrogen-bond donors (Lipinski definition) is 0. The molecular formula is C26H24N2O4. The number of para-hydroxylation sites is 1. The zero-order valence-electron chi connectivity index (χ0n) is 17.6. The first kappa shape index (κ1) is 21.3. The number of esters is 1. The van der Waals surface area contributed by atoms with Gasteiger partial charge in [-0.1, -0.05) is 84.0 Å². The van der Waals surface area contributed by atoms with Crippen LogP contribution in [0.4, 0.5) is 0 Å². The van der Waals surface area contributed by atoms with Crippen LogP contribution in [0.2, 0.25) is 0 Å². The number of rotatable bonds is 10. The first-order valence-electron chi connectivity index (χ1n) is 10.6. The summed E-state index contributed by atoms with van der Waals surface area (Å²) in [5.41, 5.74) is 2.19. The maximum atomic E-state index is 11.8. The molecule has 6 heteroatoms. The van der Waals surface area contributed by atoms with Gasteiger partial charge in [-0.15, -0.1) is 0 Å². The topological polar surface area (TPSA) is 74.5 Å². The lowest BCUT2D eigenvalue weighted by atomic mass is 9.91. The van der Waals surface area contributed by atoms with Crippen LogP contribution in [-0.4, -0.2) is 29.3 Å². The largest absolute Gasteiger partial charge is 0.482 e.